The van der Waals surface area contributed by atoms with E-state index in [0.717, 1.165) is 6.42 Å². The predicted octanol–water partition coefficient (Wildman–Crippen LogP) is 2.37. The number of hydrogen-bond acceptors (Lipinski definition) is 4. The fourth-order valence-electron chi connectivity index (χ4n) is 1.27. The molecule has 0 heterocycles. The van der Waals surface area contributed by atoms with Crippen molar-refractivity contribution in [2.75, 3.05) is 13.7 Å². The number of hydrogen-bond donors (Lipinski definition) is 1. The number of ether oxygens (including phenoxy) is 2. The van der Waals surface area contributed by atoms with Crippen molar-refractivity contribution in [1.82, 2.24) is 0 Å². The van der Waals surface area contributed by atoms with Crippen LogP contribution in [0.4, 0.5) is 0 Å². The Balaban J connectivity index is 2.95. The zero-order chi connectivity index (χ0) is 12.8. The second-order valence-corrected chi connectivity index (χ2v) is 3.50. The lowest BCUT2D eigenvalue weighted by atomic mass is 10.1. The van der Waals surface area contributed by atoms with Crippen molar-refractivity contribution in [3.63, 3.8) is 0 Å². The molecule has 92 valence electrons. The molecule has 0 saturated heterocycles. The molecule has 0 fully saturated rings. The smallest absolute Gasteiger partial charge is 0.337 e. The van der Waals surface area contributed by atoms with E-state index in [1.165, 1.54) is 13.2 Å². The van der Waals surface area contributed by atoms with E-state index in [2.05, 4.69) is 11.3 Å². The van der Waals surface area contributed by atoms with Gasteiger partial charge >= 0.3 is 5.97 Å². The maximum absolute atomic E-state index is 11.3. The van der Waals surface area contributed by atoms with E-state index in [1.54, 1.807) is 12.1 Å². The van der Waals surface area contributed by atoms with Crippen LogP contribution in [0, 0.1) is 0 Å². The van der Waals surface area contributed by atoms with E-state index in [9.17, 15) is 9.90 Å². The lowest BCUT2D eigenvalue weighted by molar-refractivity contribution is -0.133. The summed E-state index contributed by atoms with van der Waals surface area (Å²) in [6.07, 6.45) is 0.835. The van der Waals surface area contributed by atoms with Crippen LogP contribution in [0.25, 0.3) is 5.57 Å². The number of carbonyl (C=O) groups excluding carboxylic acids is 1. The molecule has 0 aliphatic rings. The molecule has 4 nitrogen and oxygen atoms in total. The molecular weight excluding hydrogens is 220 g/mol. The molecule has 4 heteroatoms. The summed E-state index contributed by atoms with van der Waals surface area (Å²) in [5.74, 6) is -0.119. The lowest BCUT2D eigenvalue weighted by Gasteiger charge is -2.09. The summed E-state index contributed by atoms with van der Waals surface area (Å²) in [7, 11) is 1.29. The number of benzene rings is 1. The van der Waals surface area contributed by atoms with E-state index in [-0.39, 0.29) is 11.3 Å². The number of carbonyl (C=O) groups is 1. The number of methoxy groups -OCH3 is 1. The van der Waals surface area contributed by atoms with Gasteiger partial charge in [-0.1, -0.05) is 19.6 Å². The second-order valence-electron chi connectivity index (χ2n) is 3.50. The highest BCUT2D eigenvalue weighted by Crippen LogP contribution is 2.29. The number of phenols is 1. The third-order valence-electron chi connectivity index (χ3n) is 2.20. The van der Waals surface area contributed by atoms with Gasteiger partial charge in [-0.25, -0.2) is 4.79 Å². The Bertz CT molecular complexity index is 423. The normalized spacial score (nSPS) is 9.76. The van der Waals surface area contributed by atoms with Gasteiger partial charge in [0.2, 0.25) is 0 Å². The Morgan fingerprint density at radius 1 is 1.47 bits per heavy atom. The van der Waals surface area contributed by atoms with Crippen LogP contribution < -0.4 is 4.74 Å². The molecule has 1 N–H and O–H groups in total. The van der Waals surface area contributed by atoms with Gasteiger partial charge in [0.25, 0.3) is 0 Å². The van der Waals surface area contributed by atoms with Crippen LogP contribution in [0.1, 0.15) is 18.9 Å². The van der Waals surface area contributed by atoms with Crippen molar-refractivity contribution in [3.8, 4) is 11.5 Å². The molecule has 1 rings (SSSR count). The number of rotatable bonds is 5. The van der Waals surface area contributed by atoms with Crippen molar-refractivity contribution >= 4 is 11.5 Å². The summed E-state index contributed by atoms with van der Waals surface area (Å²) in [6.45, 7) is 6.10. The molecule has 1 aromatic carbocycles. The van der Waals surface area contributed by atoms with Crippen LogP contribution in [0.3, 0.4) is 0 Å². The first-order valence-electron chi connectivity index (χ1n) is 5.33. The summed E-state index contributed by atoms with van der Waals surface area (Å²) < 4.78 is 9.92. The van der Waals surface area contributed by atoms with Gasteiger partial charge in [0, 0.05) is 0 Å². The predicted molar refractivity (Wildman–Crippen MR) is 64.9 cm³/mol. The third-order valence-corrected chi connectivity index (χ3v) is 2.20. The summed E-state index contributed by atoms with van der Waals surface area (Å²) in [5.41, 5.74) is 0.801. The van der Waals surface area contributed by atoms with Crippen LogP contribution in [0.15, 0.2) is 24.8 Å². The van der Waals surface area contributed by atoms with E-state index in [1.807, 2.05) is 6.92 Å². The quantitative estimate of drug-likeness (QED) is 0.630. The first kappa shape index (κ1) is 13.1. The maximum Gasteiger partial charge on any atom is 0.337 e. The zero-order valence-corrected chi connectivity index (χ0v) is 10.0. The number of aromatic hydroxyl groups is 1. The Hall–Kier alpha value is -1.97. The Kier molecular flexibility index (Phi) is 4.57. The summed E-state index contributed by atoms with van der Waals surface area (Å²) >= 11 is 0. The first-order valence-corrected chi connectivity index (χ1v) is 5.33. The molecule has 0 aliphatic carbocycles. The minimum atomic E-state index is -0.503. The Labute approximate surface area is 100 Å². The minimum Gasteiger partial charge on any atom is -0.504 e. The van der Waals surface area contributed by atoms with Crippen molar-refractivity contribution in [2.24, 2.45) is 0 Å². The largest absolute Gasteiger partial charge is 0.504 e. The van der Waals surface area contributed by atoms with E-state index < -0.39 is 5.97 Å². The average molecular weight is 236 g/mol. The van der Waals surface area contributed by atoms with Crippen molar-refractivity contribution in [1.29, 1.82) is 0 Å². The van der Waals surface area contributed by atoms with E-state index in [4.69, 9.17) is 4.74 Å². The standard InChI is InChI=1S/C13H16O4/c1-4-7-17-12-8-10(5-6-11(12)14)9(2)13(15)16-3/h5-6,8,14H,2,4,7H2,1,3H3. The van der Waals surface area contributed by atoms with Crippen LogP contribution in [0.5, 0.6) is 11.5 Å². The molecule has 0 amide bonds. The molecule has 0 spiro atoms. The van der Waals surface area contributed by atoms with Gasteiger partial charge < -0.3 is 14.6 Å². The molecule has 0 aromatic heterocycles. The van der Waals surface area contributed by atoms with Gasteiger partial charge in [0.15, 0.2) is 11.5 Å². The number of esters is 1. The first-order chi connectivity index (χ1) is 8.10. The minimum absolute atomic E-state index is 0.0415. The molecule has 0 aliphatic heterocycles. The Morgan fingerprint density at radius 3 is 2.76 bits per heavy atom. The van der Waals surface area contributed by atoms with Gasteiger partial charge in [0.1, 0.15) is 0 Å². The van der Waals surface area contributed by atoms with Crippen LogP contribution >= 0.6 is 0 Å². The highest BCUT2D eigenvalue weighted by molar-refractivity contribution is 6.15. The van der Waals surface area contributed by atoms with Gasteiger partial charge in [-0.15, -0.1) is 0 Å². The van der Waals surface area contributed by atoms with E-state index >= 15 is 0 Å². The van der Waals surface area contributed by atoms with Gasteiger partial charge in [-0.3, -0.25) is 0 Å². The molecular formula is C13H16O4. The fraction of sp³-hybridized carbons (Fsp3) is 0.308. The summed E-state index contributed by atoms with van der Waals surface area (Å²) in [4.78, 5) is 11.3. The molecule has 0 atom stereocenters. The van der Waals surface area contributed by atoms with E-state index in [0.29, 0.717) is 17.9 Å². The topological polar surface area (TPSA) is 55.8 Å². The highest BCUT2D eigenvalue weighted by atomic mass is 16.5. The lowest BCUT2D eigenvalue weighted by Crippen LogP contribution is -2.03. The SMILES string of the molecule is C=C(C(=O)OC)c1ccc(O)c(OCCC)c1. The van der Waals surface area contributed by atoms with Crippen molar-refractivity contribution in [2.45, 2.75) is 13.3 Å². The van der Waals surface area contributed by atoms with Gasteiger partial charge in [-0.2, -0.15) is 0 Å². The van der Waals surface area contributed by atoms with Crippen LogP contribution in [0.2, 0.25) is 0 Å². The van der Waals surface area contributed by atoms with Gasteiger partial charge in [0.05, 0.1) is 19.3 Å². The monoisotopic (exact) mass is 236 g/mol. The molecule has 17 heavy (non-hydrogen) atoms. The van der Waals surface area contributed by atoms with Gasteiger partial charge in [-0.05, 0) is 24.1 Å². The average Bonchev–Trinajstić information content (AvgIpc) is 2.36. The third kappa shape index (κ3) is 3.24. The van der Waals surface area contributed by atoms with Crippen LogP contribution in [-0.2, 0) is 9.53 Å². The summed E-state index contributed by atoms with van der Waals surface area (Å²) in [5, 5.41) is 9.57. The second kappa shape index (κ2) is 5.94. The molecule has 1 aromatic rings. The Morgan fingerprint density at radius 2 is 2.18 bits per heavy atom. The maximum atomic E-state index is 11.3. The number of phenolic OH excluding ortho intramolecular Hbond substituents is 1. The fourth-order valence-corrected chi connectivity index (χ4v) is 1.27. The highest BCUT2D eigenvalue weighted by Gasteiger charge is 2.12. The zero-order valence-electron chi connectivity index (χ0n) is 10.0. The molecule has 0 radical (unpaired) electrons. The van der Waals surface area contributed by atoms with Crippen molar-refractivity contribution in [3.05, 3.63) is 30.3 Å². The summed E-state index contributed by atoms with van der Waals surface area (Å²) in [6, 6.07) is 4.63. The molecule has 0 unspecified atom stereocenters. The molecule has 0 saturated carbocycles. The van der Waals surface area contributed by atoms with Crippen molar-refractivity contribution < 1.29 is 19.4 Å². The van der Waals surface area contributed by atoms with Crippen LogP contribution in [-0.4, -0.2) is 24.8 Å². The molecule has 0 bridgehead atoms.